The Morgan fingerprint density at radius 1 is 1.13 bits per heavy atom. The van der Waals surface area contributed by atoms with Gasteiger partial charge < -0.3 is 5.32 Å². The van der Waals surface area contributed by atoms with E-state index >= 15 is 0 Å². The van der Waals surface area contributed by atoms with Gasteiger partial charge in [-0.15, -0.1) is 11.3 Å². The lowest BCUT2D eigenvalue weighted by molar-refractivity contribution is -0.134. The van der Waals surface area contributed by atoms with Crippen LogP contribution in [0.5, 0.6) is 0 Å². The van der Waals surface area contributed by atoms with Crippen molar-refractivity contribution in [2.75, 3.05) is 5.32 Å². The van der Waals surface area contributed by atoms with Gasteiger partial charge in [0, 0.05) is 5.02 Å². The van der Waals surface area contributed by atoms with Crippen LogP contribution >= 0.6 is 34.5 Å². The fourth-order valence-corrected chi connectivity index (χ4v) is 3.42. The predicted molar refractivity (Wildman–Crippen MR) is 93.4 cm³/mol. The van der Waals surface area contributed by atoms with Crippen LogP contribution in [0.3, 0.4) is 0 Å². The van der Waals surface area contributed by atoms with Gasteiger partial charge in [0.1, 0.15) is 5.01 Å². The van der Waals surface area contributed by atoms with E-state index in [0.29, 0.717) is 15.7 Å². The molecule has 0 radical (unpaired) electrons. The summed E-state index contributed by atoms with van der Waals surface area (Å²) in [5.74, 6) is -1.30. The number of ketones is 1. The molecule has 0 fully saturated rings. The Kier molecular flexibility index (Phi) is 4.61. The number of amides is 1. The summed E-state index contributed by atoms with van der Waals surface area (Å²) in [6.45, 7) is 0. The molecule has 0 spiro atoms. The summed E-state index contributed by atoms with van der Waals surface area (Å²) in [4.78, 5) is 28.4. The van der Waals surface area contributed by atoms with Gasteiger partial charge in [-0.3, -0.25) is 9.59 Å². The van der Waals surface area contributed by atoms with E-state index in [2.05, 4.69) is 10.3 Å². The van der Waals surface area contributed by atoms with Crippen LogP contribution in [0.15, 0.2) is 42.5 Å². The average Bonchev–Trinajstić information content (AvgIpc) is 2.92. The average molecular weight is 365 g/mol. The Labute approximate surface area is 146 Å². The standard InChI is InChI=1S/C16H10Cl2N2O2S/c17-9-5-6-11(10(18)7-9)20-16(22)13(21)8-15-19-12-3-1-2-4-14(12)23-15/h1-7H,8H2,(H,20,22). The van der Waals surface area contributed by atoms with Crippen molar-refractivity contribution in [3.8, 4) is 0 Å². The summed E-state index contributed by atoms with van der Waals surface area (Å²) in [6, 6.07) is 12.2. The van der Waals surface area contributed by atoms with E-state index in [1.807, 2.05) is 24.3 Å². The number of Topliss-reactive ketones (excluding diaryl/α,β-unsaturated/α-hetero) is 1. The van der Waals surface area contributed by atoms with E-state index in [4.69, 9.17) is 23.2 Å². The zero-order valence-electron chi connectivity index (χ0n) is 11.7. The Morgan fingerprint density at radius 2 is 1.91 bits per heavy atom. The quantitative estimate of drug-likeness (QED) is 0.699. The molecule has 1 amide bonds. The molecular formula is C16H10Cl2N2O2S. The van der Waals surface area contributed by atoms with Crippen LogP contribution < -0.4 is 5.32 Å². The Hall–Kier alpha value is -1.95. The molecular weight excluding hydrogens is 355 g/mol. The molecule has 1 N–H and O–H groups in total. The molecule has 0 aliphatic rings. The van der Waals surface area contributed by atoms with E-state index in [0.717, 1.165) is 10.2 Å². The van der Waals surface area contributed by atoms with Gasteiger partial charge in [0.15, 0.2) is 0 Å². The molecule has 0 atom stereocenters. The maximum absolute atomic E-state index is 12.1. The van der Waals surface area contributed by atoms with Gasteiger partial charge in [0.05, 0.1) is 27.3 Å². The SMILES string of the molecule is O=C(Cc1nc2ccccc2s1)C(=O)Nc1ccc(Cl)cc1Cl. The number of halogens is 2. The molecule has 2 aromatic carbocycles. The summed E-state index contributed by atoms with van der Waals surface area (Å²) < 4.78 is 0.983. The topological polar surface area (TPSA) is 59.1 Å². The normalized spacial score (nSPS) is 10.7. The lowest BCUT2D eigenvalue weighted by Gasteiger charge is -2.06. The second kappa shape index (κ2) is 6.66. The molecule has 0 saturated carbocycles. The Morgan fingerprint density at radius 3 is 2.65 bits per heavy atom. The number of fused-ring (bicyclic) bond motifs is 1. The van der Waals surface area contributed by atoms with E-state index in [1.54, 1.807) is 12.1 Å². The first kappa shape index (κ1) is 15.9. The van der Waals surface area contributed by atoms with Crippen molar-refractivity contribution < 1.29 is 9.59 Å². The van der Waals surface area contributed by atoms with Crippen molar-refractivity contribution in [3.63, 3.8) is 0 Å². The molecule has 3 rings (SSSR count). The van der Waals surface area contributed by atoms with Crippen LogP contribution in [0.2, 0.25) is 10.0 Å². The lowest BCUT2D eigenvalue weighted by atomic mass is 10.2. The molecule has 0 unspecified atom stereocenters. The number of hydrogen-bond donors (Lipinski definition) is 1. The van der Waals surface area contributed by atoms with Gasteiger partial charge in [-0.2, -0.15) is 0 Å². The number of carbonyl (C=O) groups is 2. The fourth-order valence-electron chi connectivity index (χ4n) is 2.00. The van der Waals surface area contributed by atoms with Crippen LogP contribution in [0, 0.1) is 0 Å². The van der Waals surface area contributed by atoms with Gasteiger partial charge >= 0.3 is 0 Å². The van der Waals surface area contributed by atoms with Crippen molar-refractivity contribution in [2.24, 2.45) is 0 Å². The monoisotopic (exact) mass is 364 g/mol. The van der Waals surface area contributed by atoms with Gasteiger partial charge in [0.2, 0.25) is 5.78 Å². The van der Waals surface area contributed by atoms with Crippen LogP contribution in [0.4, 0.5) is 5.69 Å². The number of nitrogens with zero attached hydrogens (tertiary/aromatic N) is 1. The van der Waals surface area contributed by atoms with Gasteiger partial charge in [-0.05, 0) is 30.3 Å². The van der Waals surface area contributed by atoms with Crippen LogP contribution in [0.25, 0.3) is 10.2 Å². The number of carbonyl (C=O) groups excluding carboxylic acids is 2. The number of hydrogen-bond acceptors (Lipinski definition) is 4. The van der Waals surface area contributed by atoms with Crippen molar-refractivity contribution >= 4 is 62.1 Å². The first-order valence-corrected chi connectivity index (χ1v) is 8.24. The highest BCUT2D eigenvalue weighted by Crippen LogP contribution is 2.26. The zero-order valence-corrected chi connectivity index (χ0v) is 14.0. The largest absolute Gasteiger partial charge is 0.318 e. The third kappa shape index (κ3) is 3.69. The molecule has 4 nitrogen and oxygen atoms in total. The van der Waals surface area contributed by atoms with Crippen molar-refractivity contribution in [1.29, 1.82) is 0 Å². The molecule has 0 aliphatic carbocycles. The third-order valence-corrected chi connectivity index (χ3v) is 4.67. The number of nitrogens with one attached hydrogen (secondary N) is 1. The second-order valence-electron chi connectivity index (χ2n) is 4.75. The maximum Gasteiger partial charge on any atom is 0.292 e. The highest BCUT2D eigenvalue weighted by molar-refractivity contribution is 7.18. The van der Waals surface area contributed by atoms with Gasteiger partial charge in [-0.1, -0.05) is 35.3 Å². The molecule has 0 bridgehead atoms. The van der Waals surface area contributed by atoms with Gasteiger partial charge in [-0.25, -0.2) is 4.98 Å². The molecule has 0 aliphatic heterocycles. The summed E-state index contributed by atoms with van der Waals surface area (Å²) in [6.07, 6.45) is -0.0452. The molecule has 116 valence electrons. The first-order valence-electron chi connectivity index (χ1n) is 6.66. The molecule has 3 aromatic rings. The molecule has 7 heteroatoms. The molecule has 1 aromatic heterocycles. The summed E-state index contributed by atoms with van der Waals surface area (Å²) in [5, 5.41) is 3.82. The summed E-state index contributed by atoms with van der Waals surface area (Å²) in [5.41, 5.74) is 1.17. The Balaban J connectivity index is 1.71. The number of aromatic nitrogens is 1. The number of benzene rings is 2. The number of para-hydroxylation sites is 1. The van der Waals surface area contributed by atoms with E-state index in [-0.39, 0.29) is 11.4 Å². The summed E-state index contributed by atoms with van der Waals surface area (Å²) in [7, 11) is 0. The number of rotatable bonds is 4. The van der Waals surface area contributed by atoms with E-state index < -0.39 is 11.7 Å². The highest BCUT2D eigenvalue weighted by atomic mass is 35.5. The molecule has 0 saturated heterocycles. The zero-order chi connectivity index (χ0) is 16.4. The molecule has 1 heterocycles. The predicted octanol–water partition coefficient (Wildman–Crippen LogP) is 4.35. The van der Waals surface area contributed by atoms with Crippen molar-refractivity contribution in [3.05, 3.63) is 57.5 Å². The highest BCUT2D eigenvalue weighted by Gasteiger charge is 2.18. The Bertz CT molecular complexity index is 875. The van der Waals surface area contributed by atoms with Gasteiger partial charge in [0.25, 0.3) is 5.91 Å². The van der Waals surface area contributed by atoms with Crippen LogP contribution in [0.1, 0.15) is 5.01 Å². The second-order valence-corrected chi connectivity index (χ2v) is 6.71. The lowest BCUT2D eigenvalue weighted by Crippen LogP contribution is -2.24. The smallest absolute Gasteiger partial charge is 0.292 e. The fraction of sp³-hybridized carbons (Fsp3) is 0.0625. The van der Waals surface area contributed by atoms with Crippen molar-refractivity contribution in [1.82, 2.24) is 4.98 Å². The third-order valence-electron chi connectivity index (χ3n) is 3.08. The van der Waals surface area contributed by atoms with E-state index in [1.165, 1.54) is 17.4 Å². The van der Waals surface area contributed by atoms with Crippen LogP contribution in [-0.2, 0) is 16.0 Å². The number of thiazole rings is 1. The van der Waals surface area contributed by atoms with Crippen LogP contribution in [-0.4, -0.2) is 16.7 Å². The van der Waals surface area contributed by atoms with Crippen molar-refractivity contribution in [2.45, 2.75) is 6.42 Å². The summed E-state index contributed by atoms with van der Waals surface area (Å²) >= 11 is 13.2. The maximum atomic E-state index is 12.1. The molecule has 23 heavy (non-hydrogen) atoms. The minimum atomic E-state index is -0.728. The minimum absolute atomic E-state index is 0.0452. The minimum Gasteiger partial charge on any atom is -0.318 e. The van der Waals surface area contributed by atoms with E-state index in [9.17, 15) is 9.59 Å². The first-order chi connectivity index (χ1) is 11.0. The number of anilines is 1.